The molecule has 2 atom stereocenters. The summed E-state index contributed by atoms with van der Waals surface area (Å²) in [5.74, 6) is 0. The predicted molar refractivity (Wildman–Crippen MR) is 64.0 cm³/mol. The number of hydrogen-bond donors (Lipinski definition) is 0. The molecule has 0 aromatic heterocycles. The topological polar surface area (TPSA) is 64.7 Å². The molecule has 1 heterocycles. The lowest BCUT2D eigenvalue weighted by Gasteiger charge is -2.25. The molecule has 0 saturated heterocycles. The first kappa shape index (κ1) is 14.3. The van der Waals surface area contributed by atoms with Crippen LogP contribution < -0.4 is 0 Å². The van der Waals surface area contributed by atoms with Crippen LogP contribution in [0.25, 0.3) is 0 Å². The van der Waals surface area contributed by atoms with Crippen LogP contribution in [0.4, 0.5) is 13.2 Å². The highest BCUT2D eigenvalue weighted by Gasteiger charge is 2.69. The summed E-state index contributed by atoms with van der Waals surface area (Å²) in [6.07, 6.45) is -4.90. The van der Waals surface area contributed by atoms with Crippen molar-refractivity contribution in [3.63, 3.8) is 0 Å². The minimum absolute atomic E-state index is 0.241. The highest BCUT2D eigenvalue weighted by atomic mass is 19.4. The third kappa shape index (κ3) is 2.10. The van der Waals surface area contributed by atoms with Gasteiger partial charge in [0.2, 0.25) is 0 Å². The molecule has 1 aliphatic heterocycles. The number of halogens is 3. The molecule has 0 spiro atoms. The third-order valence-electron chi connectivity index (χ3n) is 3.24. The van der Waals surface area contributed by atoms with Crippen LogP contribution in [0.2, 0.25) is 0 Å². The largest absolute Gasteiger partial charge is 0.438 e. The van der Waals surface area contributed by atoms with Crippen molar-refractivity contribution in [1.29, 1.82) is 0 Å². The van der Waals surface area contributed by atoms with E-state index < -0.39 is 22.7 Å². The van der Waals surface area contributed by atoms with Gasteiger partial charge in [0.05, 0.1) is 0 Å². The zero-order valence-electron chi connectivity index (χ0n) is 10.6. The first-order valence-electron chi connectivity index (χ1n) is 5.70. The molecule has 0 bridgehead atoms. The Hall–Kier alpha value is -2.12. The average Bonchev–Trinajstić information content (AvgIpc) is 2.69. The summed E-state index contributed by atoms with van der Waals surface area (Å²) in [5.41, 5.74) is -2.17. The summed E-state index contributed by atoms with van der Waals surface area (Å²) in [6, 6.07) is 4.15. The molecule has 0 amide bonds. The molecule has 5 nitrogen and oxygen atoms in total. The Morgan fingerprint density at radius 3 is 2.35 bits per heavy atom. The van der Waals surface area contributed by atoms with Crippen LogP contribution in [-0.4, -0.2) is 28.5 Å². The number of nitro groups is 1. The van der Waals surface area contributed by atoms with E-state index in [1.165, 1.54) is 12.1 Å². The number of nitrogens with zero attached hydrogens (tertiary/aromatic N) is 2. The van der Waals surface area contributed by atoms with Crippen LogP contribution in [0.5, 0.6) is 0 Å². The Balaban J connectivity index is 2.46. The van der Waals surface area contributed by atoms with Gasteiger partial charge in [-0.15, -0.1) is 0 Å². The average molecular weight is 288 g/mol. The Labute approximate surface area is 112 Å². The van der Waals surface area contributed by atoms with E-state index in [2.05, 4.69) is 9.99 Å². The molecule has 0 fully saturated rings. The van der Waals surface area contributed by atoms with Crippen LogP contribution in [0.1, 0.15) is 18.1 Å². The molecular formula is C12H11F3N2O3. The molecule has 20 heavy (non-hydrogen) atoms. The quantitative estimate of drug-likeness (QED) is 0.620. The summed E-state index contributed by atoms with van der Waals surface area (Å²) in [7, 11) is 0. The van der Waals surface area contributed by atoms with Crippen molar-refractivity contribution in [3.8, 4) is 0 Å². The van der Waals surface area contributed by atoms with Gasteiger partial charge in [0.1, 0.15) is 0 Å². The van der Waals surface area contributed by atoms with Crippen molar-refractivity contribution < 1.29 is 22.9 Å². The third-order valence-corrected chi connectivity index (χ3v) is 3.24. The molecule has 0 aliphatic carbocycles. The van der Waals surface area contributed by atoms with Gasteiger partial charge in [0, 0.05) is 10.5 Å². The lowest BCUT2D eigenvalue weighted by atomic mass is 9.89. The van der Waals surface area contributed by atoms with Gasteiger partial charge in [0.25, 0.3) is 0 Å². The zero-order valence-corrected chi connectivity index (χ0v) is 10.6. The predicted octanol–water partition coefficient (Wildman–Crippen LogP) is 2.70. The number of benzene rings is 1. The number of alkyl halides is 3. The molecule has 1 aromatic rings. The fraction of sp³-hybridized carbons (Fsp3) is 0.417. The maximum absolute atomic E-state index is 13.0. The van der Waals surface area contributed by atoms with Crippen LogP contribution in [0, 0.1) is 17.0 Å². The van der Waals surface area contributed by atoms with E-state index in [1.54, 1.807) is 19.1 Å². The summed E-state index contributed by atoms with van der Waals surface area (Å²) in [4.78, 5) is 14.4. The number of aryl methyl sites for hydroxylation is 1. The van der Waals surface area contributed by atoms with E-state index in [-0.39, 0.29) is 11.3 Å². The van der Waals surface area contributed by atoms with Crippen molar-refractivity contribution in [2.24, 2.45) is 5.16 Å². The highest BCUT2D eigenvalue weighted by molar-refractivity contribution is 6.05. The van der Waals surface area contributed by atoms with Gasteiger partial charge < -0.3 is 4.84 Å². The Morgan fingerprint density at radius 1 is 1.35 bits per heavy atom. The van der Waals surface area contributed by atoms with Gasteiger partial charge in [-0.3, -0.25) is 10.1 Å². The smallest absolute Gasteiger partial charge is 0.371 e. The maximum Gasteiger partial charge on any atom is 0.438 e. The first-order valence-corrected chi connectivity index (χ1v) is 5.70. The Bertz CT molecular complexity index is 568. The highest BCUT2D eigenvalue weighted by Crippen LogP contribution is 2.42. The molecule has 0 radical (unpaired) electrons. The summed E-state index contributed by atoms with van der Waals surface area (Å²) >= 11 is 0. The van der Waals surface area contributed by atoms with Gasteiger partial charge in [-0.25, -0.2) is 0 Å². The lowest BCUT2D eigenvalue weighted by molar-refractivity contribution is -0.535. The molecule has 1 aliphatic rings. The van der Waals surface area contributed by atoms with E-state index in [4.69, 9.17) is 0 Å². The fourth-order valence-electron chi connectivity index (χ4n) is 1.95. The number of oxime groups is 1. The second kappa shape index (κ2) is 4.46. The van der Waals surface area contributed by atoms with E-state index in [1.807, 2.05) is 0 Å². The molecule has 0 N–H and O–H groups in total. The van der Waals surface area contributed by atoms with Crippen molar-refractivity contribution in [3.05, 3.63) is 45.5 Å². The van der Waals surface area contributed by atoms with Crippen molar-refractivity contribution >= 4 is 5.71 Å². The van der Waals surface area contributed by atoms with Gasteiger partial charge in [-0.1, -0.05) is 35.0 Å². The van der Waals surface area contributed by atoms with Gasteiger partial charge in [-0.2, -0.15) is 13.2 Å². The standard InChI is InChI=1S/C12H11F3N2O3/c1-7-3-5-8(6-4-7)9-10(17(18)19)11(2,20-16-9)12(13,14)15/h3-6,10H,1-2H3/t10-,11-/m0/s1. The SMILES string of the molecule is Cc1ccc(C2=NO[C@](C)(C(F)(F)F)[C@H]2[N+](=O)[O-])cc1. The van der Waals surface area contributed by atoms with Crippen LogP contribution in [0.15, 0.2) is 29.4 Å². The monoisotopic (exact) mass is 288 g/mol. The van der Waals surface area contributed by atoms with Crippen molar-refractivity contribution in [1.82, 2.24) is 0 Å². The van der Waals surface area contributed by atoms with Crippen molar-refractivity contribution in [2.75, 3.05) is 0 Å². The number of rotatable bonds is 2. The number of hydrogen-bond acceptors (Lipinski definition) is 4. The first-order chi connectivity index (χ1) is 9.17. The van der Waals surface area contributed by atoms with E-state index >= 15 is 0 Å². The van der Waals surface area contributed by atoms with E-state index in [0.29, 0.717) is 6.92 Å². The van der Waals surface area contributed by atoms with Crippen LogP contribution in [-0.2, 0) is 4.84 Å². The second-order valence-corrected chi connectivity index (χ2v) is 4.73. The molecular weight excluding hydrogens is 277 g/mol. The molecule has 108 valence electrons. The lowest BCUT2D eigenvalue weighted by Crippen LogP contribution is -2.56. The summed E-state index contributed by atoms with van der Waals surface area (Å²) in [5, 5.41) is 14.4. The normalized spacial score (nSPS) is 26.1. The van der Waals surface area contributed by atoms with E-state index in [0.717, 1.165) is 5.56 Å². The summed E-state index contributed by atoms with van der Waals surface area (Å²) in [6.45, 7) is 2.42. The van der Waals surface area contributed by atoms with E-state index in [9.17, 15) is 23.3 Å². The molecule has 0 unspecified atom stereocenters. The van der Waals surface area contributed by atoms with Crippen molar-refractivity contribution in [2.45, 2.75) is 31.7 Å². The fourth-order valence-corrected chi connectivity index (χ4v) is 1.95. The Kier molecular flexibility index (Phi) is 3.19. The van der Waals surface area contributed by atoms with Gasteiger partial charge in [0.15, 0.2) is 5.71 Å². The maximum atomic E-state index is 13.0. The minimum atomic E-state index is -4.90. The molecule has 0 saturated carbocycles. The molecule has 1 aromatic carbocycles. The molecule has 8 heteroatoms. The zero-order chi connectivity index (χ0) is 15.1. The molecule has 2 rings (SSSR count). The van der Waals surface area contributed by atoms with Gasteiger partial charge in [-0.05, 0) is 13.8 Å². The van der Waals surface area contributed by atoms with Crippen LogP contribution in [0.3, 0.4) is 0 Å². The summed E-state index contributed by atoms with van der Waals surface area (Å²) < 4.78 is 39.0. The van der Waals surface area contributed by atoms with Crippen LogP contribution >= 0.6 is 0 Å². The Morgan fingerprint density at radius 2 is 1.90 bits per heavy atom. The minimum Gasteiger partial charge on any atom is -0.371 e. The second-order valence-electron chi connectivity index (χ2n) is 4.73. The van der Waals surface area contributed by atoms with Gasteiger partial charge >= 0.3 is 17.8 Å².